The summed E-state index contributed by atoms with van der Waals surface area (Å²) >= 11 is 0. The molecule has 0 unspecified atom stereocenters. The van der Waals surface area contributed by atoms with Gasteiger partial charge in [-0.15, -0.1) is 0 Å². The highest BCUT2D eigenvalue weighted by Gasteiger charge is 2.30. The first-order chi connectivity index (χ1) is 12.1. The van der Waals surface area contributed by atoms with Gasteiger partial charge in [0.05, 0.1) is 17.1 Å². The van der Waals surface area contributed by atoms with Gasteiger partial charge in [0.2, 0.25) is 5.91 Å². The van der Waals surface area contributed by atoms with Crippen molar-refractivity contribution in [2.24, 2.45) is 0 Å². The number of nitrogens with zero attached hydrogens (tertiary/aromatic N) is 3. The van der Waals surface area contributed by atoms with Gasteiger partial charge in [-0.3, -0.25) is 9.69 Å². The second kappa shape index (κ2) is 6.33. The number of hydrogen-bond donors (Lipinski definition) is 1. The molecule has 2 aromatic carbocycles. The molecule has 1 amide bonds. The van der Waals surface area contributed by atoms with Crippen LogP contribution in [-0.4, -0.2) is 33.4 Å². The Kier molecular flexibility index (Phi) is 4.01. The molecule has 2 heterocycles. The molecule has 0 radical (unpaired) electrons. The van der Waals surface area contributed by atoms with Crippen molar-refractivity contribution in [3.63, 3.8) is 0 Å². The van der Waals surface area contributed by atoms with Crippen molar-refractivity contribution in [3.8, 4) is 0 Å². The van der Waals surface area contributed by atoms with Crippen molar-refractivity contribution in [2.45, 2.75) is 26.4 Å². The van der Waals surface area contributed by atoms with E-state index >= 15 is 0 Å². The third kappa shape index (κ3) is 3.15. The molecule has 1 aliphatic heterocycles. The highest BCUT2D eigenvalue weighted by atomic mass is 16.1. The van der Waals surface area contributed by atoms with Crippen LogP contribution in [0, 0.1) is 6.92 Å². The molecule has 1 aromatic heterocycles. The van der Waals surface area contributed by atoms with Crippen LogP contribution in [0.3, 0.4) is 0 Å². The number of likely N-dealkylation sites (tertiary alicyclic amines) is 1. The number of carbonyl (C=O) groups is 1. The van der Waals surface area contributed by atoms with E-state index in [1.165, 1.54) is 18.0 Å². The van der Waals surface area contributed by atoms with E-state index in [1.54, 1.807) is 0 Å². The summed E-state index contributed by atoms with van der Waals surface area (Å²) in [7, 11) is 0. The summed E-state index contributed by atoms with van der Waals surface area (Å²) in [5.41, 5.74) is 4.41. The van der Waals surface area contributed by atoms with Crippen molar-refractivity contribution >= 4 is 22.6 Å². The van der Waals surface area contributed by atoms with Crippen LogP contribution in [0.2, 0.25) is 0 Å². The molecule has 1 saturated heterocycles. The van der Waals surface area contributed by atoms with E-state index in [2.05, 4.69) is 57.0 Å². The molecule has 0 aliphatic carbocycles. The van der Waals surface area contributed by atoms with Crippen molar-refractivity contribution in [2.75, 3.05) is 18.4 Å². The van der Waals surface area contributed by atoms with Crippen LogP contribution in [0.1, 0.15) is 24.4 Å². The second-order valence-electron chi connectivity index (χ2n) is 6.74. The largest absolute Gasteiger partial charge is 0.326 e. The van der Waals surface area contributed by atoms with Gasteiger partial charge in [0.15, 0.2) is 0 Å². The lowest BCUT2D eigenvalue weighted by Crippen LogP contribution is -2.47. The van der Waals surface area contributed by atoms with Crippen molar-refractivity contribution in [3.05, 3.63) is 59.9 Å². The number of benzene rings is 2. The minimum Gasteiger partial charge on any atom is -0.326 e. The summed E-state index contributed by atoms with van der Waals surface area (Å²) in [6, 6.07) is 16.9. The van der Waals surface area contributed by atoms with Crippen LogP contribution < -0.4 is 5.32 Å². The predicted octanol–water partition coefficient (Wildman–Crippen LogP) is 3.36. The first-order valence-corrected chi connectivity index (χ1v) is 8.62. The molecule has 128 valence electrons. The summed E-state index contributed by atoms with van der Waals surface area (Å²) in [5.74, 6) is 1.05. The number of carbonyl (C=O) groups excluding carboxylic acids is 1. The smallest absolute Gasteiger partial charge is 0.221 e. The van der Waals surface area contributed by atoms with Crippen molar-refractivity contribution < 1.29 is 4.79 Å². The Hall–Kier alpha value is -2.66. The van der Waals surface area contributed by atoms with E-state index in [9.17, 15) is 4.79 Å². The lowest BCUT2D eigenvalue weighted by Gasteiger charge is -2.40. The average molecular weight is 334 g/mol. The monoisotopic (exact) mass is 334 g/mol. The number of aryl methyl sites for hydroxylation is 1. The van der Waals surface area contributed by atoms with Gasteiger partial charge >= 0.3 is 0 Å². The maximum Gasteiger partial charge on any atom is 0.221 e. The van der Waals surface area contributed by atoms with E-state index < -0.39 is 0 Å². The minimum absolute atomic E-state index is 0.0405. The maximum absolute atomic E-state index is 11.1. The minimum atomic E-state index is -0.0405. The molecule has 0 atom stereocenters. The first-order valence-electron chi connectivity index (χ1n) is 8.62. The second-order valence-corrected chi connectivity index (χ2v) is 6.74. The molecule has 0 bridgehead atoms. The zero-order valence-electron chi connectivity index (χ0n) is 14.6. The Labute approximate surface area is 147 Å². The number of rotatable bonds is 4. The Balaban J connectivity index is 1.40. The van der Waals surface area contributed by atoms with Gasteiger partial charge in [0.25, 0.3) is 0 Å². The van der Waals surface area contributed by atoms with Crippen LogP contribution in [-0.2, 0) is 11.3 Å². The molecule has 1 N–H and O–H groups in total. The van der Waals surface area contributed by atoms with Gasteiger partial charge in [-0.1, -0.05) is 24.3 Å². The fraction of sp³-hybridized carbons (Fsp3) is 0.300. The summed E-state index contributed by atoms with van der Waals surface area (Å²) in [5, 5.41) is 2.80. The van der Waals surface area contributed by atoms with Gasteiger partial charge in [-0.25, -0.2) is 4.98 Å². The van der Waals surface area contributed by atoms with Crippen molar-refractivity contribution in [1.29, 1.82) is 0 Å². The van der Waals surface area contributed by atoms with Gasteiger partial charge in [0, 0.05) is 32.2 Å². The van der Waals surface area contributed by atoms with Crippen LogP contribution in [0.4, 0.5) is 5.69 Å². The molecule has 3 aromatic rings. The molecular weight excluding hydrogens is 312 g/mol. The number of nitrogens with one attached hydrogen (secondary N) is 1. The van der Waals surface area contributed by atoms with E-state index in [0.717, 1.165) is 36.7 Å². The zero-order chi connectivity index (χ0) is 17.4. The Bertz CT molecular complexity index is 907. The molecule has 1 aliphatic rings. The van der Waals surface area contributed by atoms with Crippen molar-refractivity contribution in [1.82, 2.24) is 14.5 Å². The van der Waals surface area contributed by atoms with Gasteiger partial charge in [-0.2, -0.15) is 0 Å². The number of fused-ring (bicyclic) bond motifs is 1. The van der Waals surface area contributed by atoms with Gasteiger partial charge in [0.1, 0.15) is 5.82 Å². The lowest BCUT2D eigenvalue weighted by molar-refractivity contribution is -0.114. The number of anilines is 1. The Morgan fingerprint density at radius 2 is 1.88 bits per heavy atom. The van der Waals surface area contributed by atoms with E-state index in [4.69, 9.17) is 0 Å². The quantitative estimate of drug-likeness (QED) is 0.796. The fourth-order valence-electron chi connectivity index (χ4n) is 3.62. The van der Waals surface area contributed by atoms with E-state index in [1.807, 2.05) is 18.2 Å². The standard InChI is InChI=1S/C20H22N4O/c1-14-21-19-5-3-4-6-20(19)24(14)18-12-23(13-18)11-16-7-9-17(10-8-16)22-15(2)25/h3-10,18H,11-13H2,1-2H3,(H,22,25). The van der Waals surface area contributed by atoms with E-state index in [0.29, 0.717) is 6.04 Å². The zero-order valence-corrected chi connectivity index (χ0v) is 14.6. The number of imidazole rings is 1. The predicted molar refractivity (Wildman–Crippen MR) is 99.5 cm³/mol. The highest BCUT2D eigenvalue weighted by Crippen LogP contribution is 2.29. The third-order valence-electron chi connectivity index (χ3n) is 4.76. The third-order valence-corrected chi connectivity index (χ3v) is 4.76. The van der Waals surface area contributed by atoms with Gasteiger partial charge < -0.3 is 9.88 Å². The van der Waals surface area contributed by atoms with Crippen LogP contribution in [0.25, 0.3) is 11.0 Å². The summed E-state index contributed by atoms with van der Waals surface area (Å²) in [6.07, 6.45) is 0. The van der Waals surface area contributed by atoms with Crippen LogP contribution in [0.5, 0.6) is 0 Å². The number of hydrogen-bond acceptors (Lipinski definition) is 3. The SMILES string of the molecule is CC(=O)Nc1ccc(CN2CC(n3c(C)nc4ccccc43)C2)cc1. The molecule has 25 heavy (non-hydrogen) atoms. The molecule has 1 fully saturated rings. The normalized spacial score (nSPS) is 15.3. The first kappa shape index (κ1) is 15.8. The maximum atomic E-state index is 11.1. The Morgan fingerprint density at radius 3 is 2.60 bits per heavy atom. The van der Waals surface area contributed by atoms with Crippen LogP contribution >= 0.6 is 0 Å². The molecule has 5 heteroatoms. The topological polar surface area (TPSA) is 50.2 Å². The summed E-state index contributed by atoms with van der Waals surface area (Å²) in [6.45, 7) is 6.62. The number of para-hydroxylation sites is 2. The summed E-state index contributed by atoms with van der Waals surface area (Å²) < 4.78 is 2.37. The molecule has 5 nitrogen and oxygen atoms in total. The average Bonchev–Trinajstić information content (AvgIpc) is 2.87. The Morgan fingerprint density at radius 1 is 1.16 bits per heavy atom. The molecule has 0 saturated carbocycles. The number of amides is 1. The van der Waals surface area contributed by atoms with Crippen LogP contribution in [0.15, 0.2) is 48.5 Å². The van der Waals surface area contributed by atoms with Gasteiger partial charge in [-0.05, 0) is 36.8 Å². The summed E-state index contributed by atoms with van der Waals surface area (Å²) in [4.78, 5) is 18.2. The fourth-order valence-corrected chi connectivity index (χ4v) is 3.62. The molecule has 4 rings (SSSR count). The highest BCUT2D eigenvalue weighted by molar-refractivity contribution is 5.88. The molecule has 0 spiro atoms. The molecular formula is C20H22N4O. The van der Waals surface area contributed by atoms with E-state index in [-0.39, 0.29) is 5.91 Å². The number of aromatic nitrogens is 2. The lowest BCUT2D eigenvalue weighted by atomic mass is 10.1.